The number of nitrogens with zero attached hydrogens (tertiary/aromatic N) is 1. The summed E-state index contributed by atoms with van der Waals surface area (Å²) in [7, 11) is 2.27. The highest BCUT2D eigenvalue weighted by molar-refractivity contribution is 4.94. The van der Waals surface area contributed by atoms with Crippen molar-refractivity contribution in [2.24, 2.45) is 11.7 Å². The molecule has 0 saturated heterocycles. The summed E-state index contributed by atoms with van der Waals surface area (Å²) in [6.07, 6.45) is 9.78. The molecule has 3 heteroatoms. The summed E-state index contributed by atoms with van der Waals surface area (Å²) in [6.45, 7) is 2.51. The van der Waals surface area contributed by atoms with Gasteiger partial charge in [-0.3, -0.25) is 0 Å². The Morgan fingerprint density at radius 2 is 1.83 bits per heavy atom. The van der Waals surface area contributed by atoms with E-state index in [0.717, 1.165) is 31.2 Å². The van der Waals surface area contributed by atoms with E-state index in [1.165, 1.54) is 32.1 Å². The van der Waals surface area contributed by atoms with Crippen molar-refractivity contribution in [3.05, 3.63) is 0 Å². The minimum Gasteiger partial charge on any atom is -0.394 e. The zero-order valence-corrected chi connectivity index (χ0v) is 12.1. The lowest BCUT2D eigenvalue weighted by molar-refractivity contribution is 0.0561. The van der Waals surface area contributed by atoms with Crippen molar-refractivity contribution in [2.75, 3.05) is 13.7 Å². The Labute approximate surface area is 112 Å². The third-order valence-corrected chi connectivity index (χ3v) is 5.31. The van der Waals surface area contributed by atoms with Crippen LogP contribution in [0.2, 0.25) is 0 Å². The van der Waals surface area contributed by atoms with E-state index in [1.807, 2.05) is 0 Å². The lowest BCUT2D eigenvalue weighted by Gasteiger charge is -2.44. The fourth-order valence-electron chi connectivity index (χ4n) is 3.80. The molecule has 106 valence electrons. The summed E-state index contributed by atoms with van der Waals surface area (Å²) in [5.74, 6) is 0.909. The third kappa shape index (κ3) is 3.25. The molecule has 2 aliphatic carbocycles. The SMILES string of the molecule is CC1CCC(N(C)C2CCCC(N)(CO)C2)CC1. The molecule has 2 saturated carbocycles. The van der Waals surface area contributed by atoms with Crippen LogP contribution in [0.1, 0.15) is 58.3 Å². The molecule has 0 amide bonds. The first-order valence-electron chi connectivity index (χ1n) is 7.66. The van der Waals surface area contributed by atoms with Gasteiger partial charge in [-0.2, -0.15) is 0 Å². The van der Waals surface area contributed by atoms with Crippen LogP contribution in [-0.2, 0) is 0 Å². The van der Waals surface area contributed by atoms with E-state index >= 15 is 0 Å². The van der Waals surface area contributed by atoms with Gasteiger partial charge in [0.2, 0.25) is 0 Å². The average Bonchev–Trinajstić information content (AvgIpc) is 2.39. The fourth-order valence-corrected chi connectivity index (χ4v) is 3.80. The first-order valence-corrected chi connectivity index (χ1v) is 7.66. The van der Waals surface area contributed by atoms with Crippen LogP contribution in [0.15, 0.2) is 0 Å². The number of hydrogen-bond acceptors (Lipinski definition) is 3. The molecular weight excluding hydrogens is 224 g/mol. The summed E-state index contributed by atoms with van der Waals surface area (Å²) in [6, 6.07) is 1.32. The molecule has 0 spiro atoms. The van der Waals surface area contributed by atoms with Gasteiger partial charge in [0.15, 0.2) is 0 Å². The van der Waals surface area contributed by atoms with Crippen LogP contribution in [0.4, 0.5) is 0 Å². The Balaban J connectivity index is 1.90. The topological polar surface area (TPSA) is 49.5 Å². The summed E-state index contributed by atoms with van der Waals surface area (Å²) < 4.78 is 0. The van der Waals surface area contributed by atoms with Gasteiger partial charge in [0.1, 0.15) is 0 Å². The summed E-state index contributed by atoms with van der Waals surface area (Å²) >= 11 is 0. The van der Waals surface area contributed by atoms with Crippen LogP contribution in [-0.4, -0.2) is 41.3 Å². The number of nitrogens with two attached hydrogens (primary N) is 1. The molecule has 2 aliphatic rings. The average molecular weight is 254 g/mol. The van der Waals surface area contributed by atoms with Gasteiger partial charge in [0.05, 0.1) is 6.61 Å². The highest BCUT2D eigenvalue weighted by Crippen LogP contribution is 2.33. The number of aliphatic hydroxyl groups excluding tert-OH is 1. The molecule has 2 unspecified atom stereocenters. The van der Waals surface area contributed by atoms with Crippen LogP contribution in [0.5, 0.6) is 0 Å². The Hall–Kier alpha value is -0.120. The quantitative estimate of drug-likeness (QED) is 0.811. The maximum atomic E-state index is 9.45. The lowest BCUT2D eigenvalue weighted by atomic mass is 9.78. The first-order chi connectivity index (χ1) is 8.54. The Kier molecular flexibility index (Phi) is 4.68. The van der Waals surface area contributed by atoms with Crippen molar-refractivity contribution in [1.29, 1.82) is 0 Å². The van der Waals surface area contributed by atoms with Crippen LogP contribution < -0.4 is 5.73 Å². The Morgan fingerprint density at radius 3 is 2.44 bits per heavy atom. The highest BCUT2D eigenvalue weighted by Gasteiger charge is 2.36. The van der Waals surface area contributed by atoms with Crippen LogP contribution in [0.3, 0.4) is 0 Å². The normalized spacial score (nSPS) is 42.2. The molecule has 2 rings (SSSR count). The molecule has 0 bridgehead atoms. The van der Waals surface area contributed by atoms with Gasteiger partial charge in [-0.25, -0.2) is 0 Å². The lowest BCUT2D eigenvalue weighted by Crippen LogP contribution is -2.54. The zero-order chi connectivity index (χ0) is 13.2. The second-order valence-electron chi connectivity index (χ2n) is 6.85. The molecule has 0 heterocycles. The van der Waals surface area contributed by atoms with Crippen molar-refractivity contribution in [2.45, 2.75) is 75.9 Å². The third-order valence-electron chi connectivity index (χ3n) is 5.31. The number of aliphatic hydroxyl groups is 1. The van der Waals surface area contributed by atoms with E-state index < -0.39 is 0 Å². The van der Waals surface area contributed by atoms with Gasteiger partial charge < -0.3 is 15.7 Å². The molecule has 0 aromatic rings. The maximum absolute atomic E-state index is 9.45. The molecule has 2 fully saturated rings. The van der Waals surface area contributed by atoms with E-state index in [-0.39, 0.29) is 12.1 Å². The van der Waals surface area contributed by atoms with Crippen molar-refractivity contribution < 1.29 is 5.11 Å². The van der Waals surface area contributed by atoms with Crippen molar-refractivity contribution in [3.8, 4) is 0 Å². The fraction of sp³-hybridized carbons (Fsp3) is 1.00. The van der Waals surface area contributed by atoms with Gasteiger partial charge >= 0.3 is 0 Å². The van der Waals surface area contributed by atoms with E-state index in [4.69, 9.17) is 5.73 Å². The Morgan fingerprint density at radius 1 is 1.17 bits per heavy atom. The minimum atomic E-state index is -0.320. The minimum absolute atomic E-state index is 0.138. The van der Waals surface area contributed by atoms with Gasteiger partial charge in [-0.15, -0.1) is 0 Å². The monoisotopic (exact) mass is 254 g/mol. The van der Waals surface area contributed by atoms with Gasteiger partial charge in [0, 0.05) is 17.6 Å². The molecule has 3 N–H and O–H groups in total. The number of hydrogen-bond donors (Lipinski definition) is 2. The van der Waals surface area contributed by atoms with Crippen LogP contribution in [0.25, 0.3) is 0 Å². The number of rotatable bonds is 3. The van der Waals surface area contributed by atoms with Crippen molar-refractivity contribution in [3.63, 3.8) is 0 Å². The molecule has 0 aromatic heterocycles. The van der Waals surface area contributed by atoms with E-state index in [0.29, 0.717) is 6.04 Å². The molecule has 3 nitrogen and oxygen atoms in total. The molecule has 0 aliphatic heterocycles. The van der Waals surface area contributed by atoms with E-state index in [1.54, 1.807) is 0 Å². The second kappa shape index (κ2) is 5.89. The largest absolute Gasteiger partial charge is 0.394 e. The molecule has 2 atom stereocenters. The summed E-state index contributed by atoms with van der Waals surface area (Å²) in [5.41, 5.74) is 5.94. The van der Waals surface area contributed by atoms with Crippen molar-refractivity contribution in [1.82, 2.24) is 4.90 Å². The maximum Gasteiger partial charge on any atom is 0.0611 e. The van der Waals surface area contributed by atoms with Gasteiger partial charge in [-0.05, 0) is 64.3 Å². The first kappa shape index (κ1) is 14.3. The zero-order valence-electron chi connectivity index (χ0n) is 12.1. The van der Waals surface area contributed by atoms with Gasteiger partial charge in [-0.1, -0.05) is 6.92 Å². The van der Waals surface area contributed by atoms with Crippen molar-refractivity contribution >= 4 is 0 Å². The van der Waals surface area contributed by atoms with E-state index in [2.05, 4.69) is 18.9 Å². The van der Waals surface area contributed by atoms with E-state index in [9.17, 15) is 5.11 Å². The molecule has 18 heavy (non-hydrogen) atoms. The predicted octanol–water partition coefficient (Wildman–Crippen LogP) is 2.13. The Bertz CT molecular complexity index is 263. The highest BCUT2D eigenvalue weighted by atomic mass is 16.3. The van der Waals surface area contributed by atoms with Crippen LogP contribution >= 0.6 is 0 Å². The second-order valence-corrected chi connectivity index (χ2v) is 6.85. The van der Waals surface area contributed by atoms with Crippen LogP contribution in [0, 0.1) is 5.92 Å². The molecule has 0 aromatic carbocycles. The predicted molar refractivity (Wildman–Crippen MR) is 75.4 cm³/mol. The standard InChI is InChI=1S/C15H30N2O/c1-12-5-7-13(8-6-12)17(2)14-4-3-9-15(16,10-14)11-18/h12-14,18H,3-11,16H2,1-2H3. The smallest absolute Gasteiger partial charge is 0.0611 e. The van der Waals surface area contributed by atoms with Gasteiger partial charge in [0.25, 0.3) is 0 Å². The molecular formula is C15H30N2O. The summed E-state index contributed by atoms with van der Waals surface area (Å²) in [5, 5.41) is 9.45. The molecule has 0 radical (unpaired) electrons. The summed E-state index contributed by atoms with van der Waals surface area (Å²) in [4.78, 5) is 2.57.